The van der Waals surface area contributed by atoms with Crippen molar-refractivity contribution < 1.29 is 0 Å². The standard InChI is InChI=1S/C13H17N3O/c1-13(2,3)16-11(8-12(17)15-16)9-4-6-10(14)7-5-9/h4-8H,14H2,1-3H3,(H,15,17). The molecule has 3 N–H and O–H groups in total. The Labute approximate surface area is 100 Å². The molecule has 90 valence electrons. The molecule has 0 saturated carbocycles. The van der Waals surface area contributed by atoms with E-state index in [1.54, 1.807) is 6.07 Å². The summed E-state index contributed by atoms with van der Waals surface area (Å²) < 4.78 is 1.88. The summed E-state index contributed by atoms with van der Waals surface area (Å²) in [5.74, 6) is 0. The van der Waals surface area contributed by atoms with Gasteiger partial charge in [0, 0.05) is 17.3 Å². The van der Waals surface area contributed by atoms with E-state index in [0.29, 0.717) is 5.69 Å². The highest BCUT2D eigenvalue weighted by Gasteiger charge is 2.18. The first-order valence-electron chi connectivity index (χ1n) is 5.56. The van der Waals surface area contributed by atoms with Crippen molar-refractivity contribution in [3.63, 3.8) is 0 Å². The Bertz CT molecular complexity index is 570. The molecule has 0 saturated heterocycles. The Morgan fingerprint density at radius 2 is 1.76 bits per heavy atom. The van der Waals surface area contributed by atoms with Crippen LogP contribution in [0, 0.1) is 0 Å². The van der Waals surface area contributed by atoms with Crippen molar-refractivity contribution in [2.45, 2.75) is 26.3 Å². The molecule has 1 heterocycles. The summed E-state index contributed by atoms with van der Waals surface area (Å²) in [6.45, 7) is 6.14. The van der Waals surface area contributed by atoms with E-state index in [1.807, 2.05) is 49.7 Å². The fraction of sp³-hybridized carbons (Fsp3) is 0.308. The molecule has 0 aliphatic carbocycles. The van der Waals surface area contributed by atoms with Crippen LogP contribution in [0.4, 0.5) is 5.69 Å². The lowest BCUT2D eigenvalue weighted by atomic mass is 10.1. The summed E-state index contributed by atoms with van der Waals surface area (Å²) in [6, 6.07) is 9.11. The number of aromatic nitrogens is 2. The van der Waals surface area contributed by atoms with Crippen molar-refractivity contribution in [2.75, 3.05) is 5.73 Å². The van der Waals surface area contributed by atoms with Crippen LogP contribution in [0.5, 0.6) is 0 Å². The van der Waals surface area contributed by atoms with E-state index in [-0.39, 0.29) is 11.1 Å². The number of anilines is 1. The first-order chi connectivity index (χ1) is 7.88. The molecular weight excluding hydrogens is 214 g/mol. The van der Waals surface area contributed by atoms with Crippen LogP contribution in [0.3, 0.4) is 0 Å². The zero-order valence-electron chi connectivity index (χ0n) is 10.3. The van der Waals surface area contributed by atoms with E-state index < -0.39 is 0 Å². The molecule has 0 fully saturated rings. The highest BCUT2D eigenvalue weighted by molar-refractivity contribution is 5.62. The number of H-pyrrole nitrogens is 1. The maximum absolute atomic E-state index is 11.5. The molecule has 0 unspecified atom stereocenters. The molecule has 0 radical (unpaired) electrons. The minimum atomic E-state index is -0.167. The van der Waals surface area contributed by atoms with Crippen LogP contribution in [-0.2, 0) is 5.54 Å². The average Bonchev–Trinajstić information content (AvgIpc) is 2.61. The molecule has 0 amide bonds. The summed E-state index contributed by atoms with van der Waals surface area (Å²) in [6.07, 6.45) is 0. The molecule has 4 nitrogen and oxygen atoms in total. The lowest BCUT2D eigenvalue weighted by Crippen LogP contribution is -2.25. The van der Waals surface area contributed by atoms with Crippen LogP contribution in [0.25, 0.3) is 11.3 Å². The van der Waals surface area contributed by atoms with E-state index in [1.165, 1.54) is 0 Å². The third-order valence-corrected chi connectivity index (χ3v) is 2.61. The van der Waals surface area contributed by atoms with E-state index >= 15 is 0 Å². The Hall–Kier alpha value is -1.97. The van der Waals surface area contributed by atoms with Crippen LogP contribution in [0.1, 0.15) is 20.8 Å². The number of hydrogen-bond acceptors (Lipinski definition) is 2. The van der Waals surface area contributed by atoms with Gasteiger partial charge in [0.2, 0.25) is 0 Å². The molecule has 17 heavy (non-hydrogen) atoms. The molecule has 1 aromatic carbocycles. The first kappa shape index (κ1) is 11.5. The number of benzene rings is 1. The van der Waals surface area contributed by atoms with Gasteiger partial charge in [0.05, 0.1) is 11.2 Å². The van der Waals surface area contributed by atoms with Gasteiger partial charge < -0.3 is 5.73 Å². The number of hydrogen-bond donors (Lipinski definition) is 2. The van der Waals surface area contributed by atoms with E-state index in [0.717, 1.165) is 11.3 Å². The zero-order valence-corrected chi connectivity index (χ0v) is 10.3. The fourth-order valence-electron chi connectivity index (χ4n) is 1.79. The average molecular weight is 231 g/mol. The Morgan fingerprint density at radius 3 is 2.29 bits per heavy atom. The van der Waals surface area contributed by atoms with Gasteiger partial charge in [-0.1, -0.05) is 12.1 Å². The van der Waals surface area contributed by atoms with Crippen LogP contribution < -0.4 is 11.3 Å². The summed E-state index contributed by atoms with van der Waals surface area (Å²) in [5, 5.41) is 2.83. The van der Waals surface area contributed by atoms with Crippen LogP contribution in [0.15, 0.2) is 35.1 Å². The smallest absolute Gasteiger partial charge is 0.264 e. The second-order valence-electron chi connectivity index (χ2n) is 5.13. The Kier molecular flexibility index (Phi) is 2.58. The lowest BCUT2D eigenvalue weighted by molar-refractivity contribution is 0.358. The van der Waals surface area contributed by atoms with Gasteiger partial charge >= 0.3 is 0 Å². The molecule has 0 bridgehead atoms. The van der Waals surface area contributed by atoms with E-state index in [9.17, 15) is 4.79 Å². The zero-order chi connectivity index (χ0) is 12.6. The normalized spacial score (nSPS) is 11.7. The number of nitrogens with one attached hydrogen (secondary N) is 1. The maximum atomic E-state index is 11.5. The molecule has 4 heteroatoms. The van der Waals surface area contributed by atoms with Crippen LogP contribution >= 0.6 is 0 Å². The minimum absolute atomic E-state index is 0.0910. The SMILES string of the molecule is CC(C)(C)n1[nH]c(=O)cc1-c1ccc(N)cc1. The van der Waals surface area contributed by atoms with E-state index in [2.05, 4.69) is 5.10 Å². The topological polar surface area (TPSA) is 63.8 Å². The molecular formula is C13H17N3O. The first-order valence-corrected chi connectivity index (χ1v) is 5.56. The highest BCUT2D eigenvalue weighted by Crippen LogP contribution is 2.24. The van der Waals surface area contributed by atoms with E-state index in [4.69, 9.17) is 5.73 Å². The van der Waals surface area contributed by atoms with Crippen molar-refractivity contribution >= 4 is 5.69 Å². The number of rotatable bonds is 1. The van der Waals surface area contributed by atoms with Crippen LogP contribution in [-0.4, -0.2) is 9.78 Å². The maximum Gasteiger partial charge on any atom is 0.264 e. The molecule has 0 atom stereocenters. The predicted molar refractivity (Wildman–Crippen MR) is 69.9 cm³/mol. The molecule has 0 aliphatic heterocycles. The fourth-order valence-corrected chi connectivity index (χ4v) is 1.79. The summed E-state index contributed by atoms with van der Waals surface area (Å²) >= 11 is 0. The predicted octanol–water partition coefficient (Wildman–Crippen LogP) is 2.18. The van der Waals surface area contributed by atoms with Crippen molar-refractivity contribution in [3.05, 3.63) is 40.7 Å². The van der Waals surface area contributed by atoms with Crippen molar-refractivity contribution in [1.82, 2.24) is 9.78 Å². The molecule has 0 spiro atoms. The molecule has 0 aliphatic rings. The van der Waals surface area contributed by atoms with Gasteiger partial charge in [0.25, 0.3) is 5.56 Å². The third-order valence-electron chi connectivity index (χ3n) is 2.61. The number of nitrogens with two attached hydrogens (primary N) is 1. The van der Waals surface area contributed by atoms with Gasteiger partial charge in [-0.3, -0.25) is 14.6 Å². The summed E-state index contributed by atoms with van der Waals surface area (Å²) in [4.78, 5) is 11.5. The van der Waals surface area contributed by atoms with Gasteiger partial charge in [0.15, 0.2) is 0 Å². The lowest BCUT2D eigenvalue weighted by Gasteiger charge is -2.23. The number of aromatic amines is 1. The Balaban J connectivity index is 2.59. The molecule has 2 rings (SSSR count). The van der Waals surface area contributed by atoms with Crippen LogP contribution in [0.2, 0.25) is 0 Å². The molecule has 2 aromatic rings. The van der Waals surface area contributed by atoms with Gasteiger partial charge in [-0.15, -0.1) is 0 Å². The Morgan fingerprint density at radius 1 is 1.18 bits per heavy atom. The van der Waals surface area contributed by atoms with Gasteiger partial charge in [0.1, 0.15) is 0 Å². The summed E-state index contributed by atoms with van der Waals surface area (Å²) in [7, 11) is 0. The van der Waals surface area contributed by atoms with Crippen molar-refractivity contribution in [2.24, 2.45) is 0 Å². The monoisotopic (exact) mass is 231 g/mol. The van der Waals surface area contributed by atoms with Gasteiger partial charge in [-0.25, -0.2) is 0 Å². The third kappa shape index (κ3) is 2.25. The second kappa shape index (κ2) is 3.80. The van der Waals surface area contributed by atoms with Crippen molar-refractivity contribution in [3.8, 4) is 11.3 Å². The minimum Gasteiger partial charge on any atom is -0.399 e. The second-order valence-corrected chi connectivity index (χ2v) is 5.13. The van der Waals surface area contributed by atoms with Gasteiger partial charge in [-0.05, 0) is 32.9 Å². The number of nitrogens with zero attached hydrogens (tertiary/aromatic N) is 1. The molecule has 1 aromatic heterocycles. The number of nitrogen functional groups attached to an aromatic ring is 1. The highest BCUT2D eigenvalue weighted by atomic mass is 16.1. The quantitative estimate of drug-likeness (QED) is 0.739. The van der Waals surface area contributed by atoms with Crippen molar-refractivity contribution in [1.29, 1.82) is 0 Å². The summed E-state index contributed by atoms with van der Waals surface area (Å²) in [5.41, 5.74) is 7.97. The largest absolute Gasteiger partial charge is 0.399 e. The van der Waals surface area contributed by atoms with Gasteiger partial charge in [-0.2, -0.15) is 0 Å².